The van der Waals surface area contributed by atoms with E-state index >= 15 is 0 Å². The molecule has 2 N–H and O–H groups in total. The fraction of sp³-hybridized carbons (Fsp3) is 0.286. The van der Waals surface area contributed by atoms with Crippen LogP contribution in [0.4, 0.5) is 0 Å². The Morgan fingerprint density at radius 1 is 1.27 bits per heavy atom. The lowest BCUT2D eigenvalue weighted by Gasteiger charge is -2.10. The Labute approximate surface area is 178 Å². The summed E-state index contributed by atoms with van der Waals surface area (Å²) < 4.78 is 16.4. The van der Waals surface area contributed by atoms with Crippen LogP contribution >= 0.6 is 11.8 Å². The minimum absolute atomic E-state index is 0.0971. The number of nitrogens with zero attached hydrogens (tertiary/aromatic N) is 2. The van der Waals surface area contributed by atoms with Crippen LogP contribution in [0.1, 0.15) is 23.9 Å². The summed E-state index contributed by atoms with van der Waals surface area (Å²) >= 11 is 1.29. The number of ether oxygens (including phenoxy) is 3. The third-order valence-corrected chi connectivity index (χ3v) is 5.49. The maximum absolute atomic E-state index is 12.4. The molecule has 1 amide bonds. The van der Waals surface area contributed by atoms with Crippen molar-refractivity contribution >= 4 is 17.7 Å². The Morgan fingerprint density at radius 3 is 2.97 bits per heavy atom. The Morgan fingerprint density at radius 2 is 2.10 bits per heavy atom. The Bertz CT molecular complexity index is 1040. The number of benzene rings is 2. The molecule has 1 aliphatic heterocycles. The van der Waals surface area contributed by atoms with Gasteiger partial charge >= 0.3 is 0 Å². The molecule has 1 atom stereocenters. The summed E-state index contributed by atoms with van der Waals surface area (Å²) in [5.74, 6) is 2.74. The number of hydrogen-bond donors (Lipinski definition) is 2. The number of rotatable bonds is 8. The quantitative estimate of drug-likeness (QED) is 0.534. The standard InChI is InChI=1S/C21H22N4O4S/c1-13-5-3-4-6-16(13)27-11-19-23-21(25-24-19)30-14(2)20(26)22-10-15-7-8-17-18(9-15)29-12-28-17/h3-9,14H,10-12H2,1-2H3,(H,22,26)(H,23,24,25). The Hall–Kier alpha value is -3.20. The fourth-order valence-corrected chi connectivity index (χ4v) is 3.62. The summed E-state index contributed by atoms with van der Waals surface area (Å²) in [6, 6.07) is 13.4. The van der Waals surface area contributed by atoms with Gasteiger partial charge in [0.1, 0.15) is 12.4 Å². The second kappa shape index (κ2) is 9.08. The fourth-order valence-electron chi connectivity index (χ4n) is 2.85. The molecule has 0 fully saturated rings. The number of thioether (sulfide) groups is 1. The molecule has 1 aliphatic rings. The van der Waals surface area contributed by atoms with Crippen LogP contribution in [0.3, 0.4) is 0 Å². The highest BCUT2D eigenvalue weighted by atomic mass is 32.2. The average molecular weight is 426 g/mol. The van der Waals surface area contributed by atoms with Crippen LogP contribution in [0.15, 0.2) is 47.6 Å². The van der Waals surface area contributed by atoms with E-state index < -0.39 is 0 Å². The number of H-pyrrole nitrogens is 1. The van der Waals surface area contributed by atoms with Crippen molar-refractivity contribution in [3.8, 4) is 17.2 Å². The van der Waals surface area contributed by atoms with Gasteiger partial charge in [-0.15, -0.1) is 5.10 Å². The van der Waals surface area contributed by atoms with Crippen LogP contribution in [0.25, 0.3) is 0 Å². The predicted molar refractivity (Wildman–Crippen MR) is 112 cm³/mol. The van der Waals surface area contributed by atoms with E-state index in [1.54, 1.807) is 0 Å². The van der Waals surface area contributed by atoms with Gasteiger partial charge in [0.25, 0.3) is 0 Å². The first kappa shape index (κ1) is 20.1. The lowest BCUT2D eigenvalue weighted by Crippen LogP contribution is -2.30. The minimum Gasteiger partial charge on any atom is -0.485 e. The first-order valence-corrected chi connectivity index (χ1v) is 10.4. The number of fused-ring (bicyclic) bond motifs is 1. The SMILES string of the molecule is Cc1ccccc1OCc1nc(SC(C)C(=O)NCc2ccc3c(c2)OCO3)n[nH]1. The number of aromatic amines is 1. The van der Waals surface area contributed by atoms with Gasteiger partial charge in [0.05, 0.1) is 5.25 Å². The van der Waals surface area contributed by atoms with Gasteiger partial charge in [-0.25, -0.2) is 4.98 Å². The van der Waals surface area contributed by atoms with Crippen LogP contribution in [0.2, 0.25) is 0 Å². The molecule has 9 heteroatoms. The second-order valence-corrected chi connectivity index (χ2v) is 8.09. The molecule has 4 rings (SSSR count). The maximum atomic E-state index is 12.4. The lowest BCUT2D eigenvalue weighted by atomic mass is 10.2. The zero-order valence-electron chi connectivity index (χ0n) is 16.7. The summed E-state index contributed by atoms with van der Waals surface area (Å²) in [5, 5.41) is 10.1. The first-order valence-electron chi connectivity index (χ1n) is 9.51. The molecule has 2 aromatic carbocycles. The van der Waals surface area contributed by atoms with E-state index in [4.69, 9.17) is 14.2 Å². The Kier molecular flexibility index (Phi) is 6.08. The normalized spacial score (nSPS) is 13.1. The summed E-state index contributed by atoms with van der Waals surface area (Å²) in [6.45, 7) is 4.72. The van der Waals surface area contributed by atoms with Crippen molar-refractivity contribution in [2.75, 3.05) is 6.79 Å². The van der Waals surface area contributed by atoms with Crippen molar-refractivity contribution in [3.63, 3.8) is 0 Å². The molecule has 3 aromatic rings. The van der Waals surface area contributed by atoms with Crippen LogP contribution in [0, 0.1) is 6.92 Å². The summed E-state index contributed by atoms with van der Waals surface area (Å²) in [4.78, 5) is 16.8. The van der Waals surface area contributed by atoms with E-state index in [0.29, 0.717) is 23.3 Å². The third kappa shape index (κ3) is 4.85. The lowest BCUT2D eigenvalue weighted by molar-refractivity contribution is -0.120. The number of carbonyl (C=O) groups is 1. The van der Waals surface area contributed by atoms with Crippen molar-refractivity contribution in [1.29, 1.82) is 0 Å². The zero-order chi connectivity index (χ0) is 20.9. The molecule has 0 spiro atoms. The number of para-hydroxylation sites is 1. The minimum atomic E-state index is -0.347. The molecule has 8 nitrogen and oxygen atoms in total. The molecule has 156 valence electrons. The Balaban J connectivity index is 1.26. The van der Waals surface area contributed by atoms with E-state index in [0.717, 1.165) is 22.6 Å². The van der Waals surface area contributed by atoms with Gasteiger partial charge in [0.2, 0.25) is 17.9 Å². The van der Waals surface area contributed by atoms with E-state index in [-0.39, 0.29) is 24.6 Å². The topological polar surface area (TPSA) is 98.4 Å². The molecule has 30 heavy (non-hydrogen) atoms. The van der Waals surface area contributed by atoms with Crippen molar-refractivity contribution in [1.82, 2.24) is 20.5 Å². The van der Waals surface area contributed by atoms with E-state index in [1.807, 2.05) is 56.3 Å². The van der Waals surface area contributed by atoms with Gasteiger partial charge in [-0.1, -0.05) is 36.0 Å². The van der Waals surface area contributed by atoms with Crippen LogP contribution in [-0.2, 0) is 17.9 Å². The van der Waals surface area contributed by atoms with Crippen molar-refractivity contribution in [3.05, 3.63) is 59.4 Å². The van der Waals surface area contributed by atoms with Gasteiger partial charge in [-0.05, 0) is 43.2 Å². The first-order chi connectivity index (χ1) is 14.6. The van der Waals surface area contributed by atoms with E-state index in [9.17, 15) is 4.79 Å². The monoisotopic (exact) mass is 426 g/mol. The van der Waals surface area contributed by atoms with Crippen LogP contribution in [-0.4, -0.2) is 33.1 Å². The van der Waals surface area contributed by atoms with Crippen molar-refractivity contribution < 1.29 is 19.0 Å². The predicted octanol–water partition coefficient (Wildman–Crippen LogP) is 3.22. The van der Waals surface area contributed by atoms with Gasteiger partial charge in [0.15, 0.2) is 17.3 Å². The maximum Gasteiger partial charge on any atom is 0.233 e. The highest BCUT2D eigenvalue weighted by Crippen LogP contribution is 2.32. The largest absolute Gasteiger partial charge is 0.485 e. The number of nitrogens with one attached hydrogen (secondary N) is 2. The number of amides is 1. The van der Waals surface area contributed by atoms with Crippen LogP contribution < -0.4 is 19.5 Å². The number of carbonyl (C=O) groups excluding carboxylic acids is 1. The highest BCUT2D eigenvalue weighted by Gasteiger charge is 2.18. The summed E-state index contributed by atoms with van der Waals surface area (Å²) in [5.41, 5.74) is 2.00. The van der Waals surface area contributed by atoms with E-state index in [1.165, 1.54) is 11.8 Å². The van der Waals surface area contributed by atoms with Crippen molar-refractivity contribution in [2.24, 2.45) is 0 Å². The van der Waals surface area contributed by atoms with Crippen LogP contribution in [0.5, 0.6) is 17.2 Å². The number of aryl methyl sites for hydroxylation is 1. The van der Waals surface area contributed by atoms with Crippen molar-refractivity contribution in [2.45, 2.75) is 37.4 Å². The zero-order valence-corrected chi connectivity index (χ0v) is 17.5. The molecule has 0 radical (unpaired) electrons. The molecule has 2 heterocycles. The molecular formula is C21H22N4O4S. The average Bonchev–Trinajstić information content (AvgIpc) is 3.40. The third-order valence-electron chi connectivity index (χ3n) is 4.52. The molecule has 0 saturated carbocycles. The van der Waals surface area contributed by atoms with Gasteiger partial charge in [0, 0.05) is 6.54 Å². The van der Waals surface area contributed by atoms with E-state index in [2.05, 4.69) is 20.5 Å². The summed E-state index contributed by atoms with van der Waals surface area (Å²) in [7, 11) is 0. The second-order valence-electron chi connectivity index (χ2n) is 6.78. The van der Waals surface area contributed by atoms with Gasteiger partial charge < -0.3 is 19.5 Å². The van der Waals surface area contributed by atoms with Gasteiger partial charge in [-0.3, -0.25) is 9.89 Å². The molecule has 1 aromatic heterocycles. The highest BCUT2D eigenvalue weighted by molar-refractivity contribution is 8.00. The number of aromatic nitrogens is 3. The summed E-state index contributed by atoms with van der Waals surface area (Å²) in [6.07, 6.45) is 0. The molecule has 0 saturated heterocycles. The smallest absolute Gasteiger partial charge is 0.233 e. The molecular weight excluding hydrogens is 404 g/mol. The molecule has 0 aliphatic carbocycles. The molecule has 0 bridgehead atoms. The molecule has 1 unspecified atom stereocenters. The number of hydrogen-bond acceptors (Lipinski definition) is 7. The van der Waals surface area contributed by atoms with Gasteiger partial charge in [-0.2, -0.15) is 0 Å².